The summed E-state index contributed by atoms with van der Waals surface area (Å²) in [6, 6.07) is 0. The lowest BCUT2D eigenvalue weighted by Crippen LogP contribution is -2.27. The smallest absolute Gasteiger partial charge is 0.0752 e. The lowest BCUT2D eigenvalue weighted by Gasteiger charge is -2.19. The molecule has 0 atom stereocenters. The number of methoxy groups -OCH3 is 1. The summed E-state index contributed by atoms with van der Waals surface area (Å²) in [6.07, 6.45) is 5.24. The zero-order valence-electron chi connectivity index (χ0n) is 9.85. The molecule has 1 fully saturated rings. The molecule has 0 bridgehead atoms. The zero-order valence-corrected chi connectivity index (χ0v) is 9.85. The maximum Gasteiger partial charge on any atom is 0.0752 e. The second-order valence-electron chi connectivity index (χ2n) is 4.05. The van der Waals surface area contributed by atoms with Crippen LogP contribution in [-0.2, 0) is 11.3 Å². The van der Waals surface area contributed by atoms with E-state index in [-0.39, 0.29) is 0 Å². The van der Waals surface area contributed by atoms with Gasteiger partial charge in [-0.25, -0.2) is 0 Å². The summed E-state index contributed by atoms with van der Waals surface area (Å²) in [6.45, 7) is 5.89. The highest BCUT2D eigenvalue weighted by molar-refractivity contribution is 5.42. The fraction of sp³-hybridized carbons (Fsp3) is 0.727. The first kappa shape index (κ1) is 11.4. The SMILES string of the molecule is COCCn1cc(N2CCCNCC2)cn1. The first-order valence-electron chi connectivity index (χ1n) is 5.87. The monoisotopic (exact) mass is 224 g/mol. The molecule has 2 heterocycles. The van der Waals surface area contributed by atoms with Gasteiger partial charge in [-0.05, 0) is 13.0 Å². The molecule has 1 saturated heterocycles. The Hall–Kier alpha value is -1.07. The quantitative estimate of drug-likeness (QED) is 0.800. The van der Waals surface area contributed by atoms with E-state index >= 15 is 0 Å². The van der Waals surface area contributed by atoms with Crippen molar-refractivity contribution in [2.45, 2.75) is 13.0 Å². The highest BCUT2D eigenvalue weighted by Crippen LogP contribution is 2.13. The van der Waals surface area contributed by atoms with Gasteiger partial charge in [-0.1, -0.05) is 0 Å². The summed E-state index contributed by atoms with van der Waals surface area (Å²) >= 11 is 0. The summed E-state index contributed by atoms with van der Waals surface area (Å²) in [5, 5.41) is 7.73. The number of rotatable bonds is 4. The molecule has 0 amide bonds. The van der Waals surface area contributed by atoms with Crippen LogP contribution >= 0.6 is 0 Å². The van der Waals surface area contributed by atoms with Crippen molar-refractivity contribution in [3.8, 4) is 0 Å². The predicted octanol–water partition coefficient (Wildman–Crippen LogP) is 0.329. The van der Waals surface area contributed by atoms with Gasteiger partial charge in [0.25, 0.3) is 0 Å². The van der Waals surface area contributed by atoms with E-state index < -0.39 is 0 Å². The second kappa shape index (κ2) is 5.86. The Bertz CT molecular complexity index is 305. The fourth-order valence-corrected chi connectivity index (χ4v) is 1.93. The van der Waals surface area contributed by atoms with Gasteiger partial charge in [-0.3, -0.25) is 4.68 Å². The Kier molecular flexibility index (Phi) is 4.18. The second-order valence-corrected chi connectivity index (χ2v) is 4.05. The largest absolute Gasteiger partial charge is 0.383 e. The van der Waals surface area contributed by atoms with Gasteiger partial charge < -0.3 is 15.0 Å². The van der Waals surface area contributed by atoms with E-state index in [0.717, 1.165) is 32.7 Å². The van der Waals surface area contributed by atoms with Gasteiger partial charge in [-0.2, -0.15) is 5.10 Å². The van der Waals surface area contributed by atoms with Crippen LogP contribution in [0.3, 0.4) is 0 Å². The standard InChI is InChI=1S/C11H20N4O/c1-16-8-7-15-10-11(9-13-15)14-5-2-3-12-4-6-14/h9-10,12H,2-8H2,1H3. The van der Waals surface area contributed by atoms with E-state index in [2.05, 4.69) is 21.5 Å². The molecule has 2 rings (SSSR count). The molecular formula is C11H20N4O. The minimum absolute atomic E-state index is 0.711. The number of aromatic nitrogens is 2. The molecule has 1 aromatic heterocycles. The van der Waals surface area contributed by atoms with E-state index in [1.165, 1.54) is 12.1 Å². The minimum Gasteiger partial charge on any atom is -0.383 e. The molecule has 0 saturated carbocycles. The van der Waals surface area contributed by atoms with Gasteiger partial charge >= 0.3 is 0 Å². The van der Waals surface area contributed by atoms with Gasteiger partial charge in [0, 0.05) is 32.9 Å². The molecule has 0 aliphatic carbocycles. The number of anilines is 1. The third-order valence-corrected chi connectivity index (χ3v) is 2.85. The average molecular weight is 224 g/mol. The number of ether oxygens (including phenoxy) is 1. The van der Waals surface area contributed by atoms with Gasteiger partial charge in [0.1, 0.15) is 0 Å². The molecule has 0 unspecified atom stereocenters. The Morgan fingerprint density at radius 1 is 1.44 bits per heavy atom. The van der Waals surface area contributed by atoms with Gasteiger partial charge in [-0.15, -0.1) is 0 Å². The molecule has 1 aromatic rings. The van der Waals surface area contributed by atoms with Crippen molar-refractivity contribution in [1.82, 2.24) is 15.1 Å². The number of nitrogens with one attached hydrogen (secondary N) is 1. The van der Waals surface area contributed by atoms with Crippen molar-refractivity contribution in [2.24, 2.45) is 0 Å². The van der Waals surface area contributed by atoms with Crippen LogP contribution in [0.2, 0.25) is 0 Å². The Morgan fingerprint density at radius 2 is 2.38 bits per heavy atom. The van der Waals surface area contributed by atoms with Crippen molar-refractivity contribution in [1.29, 1.82) is 0 Å². The highest BCUT2D eigenvalue weighted by atomic mass is 16.5. The summed E-state index contributed by atoms with van der Waals surface area (Å²) in [7, 11) is 1.71. The first-order valence-corrected chi connectivity index (χ1v) is 5.87. The van der Waals surface area contributed by atoms with E-state index in [1.54, 1.807) is 7.11 Å². The van der Waals surface area contributed by atoms with Crippen LogP contribution in [0.5, 0.6) is 0 Å². The summed E-state index contributed by atoms with van der Waals surface area (Å²) in [5.74, 6) is 0. The van der Waals surface area contributed by atoms with Crippen LogP contribution in [0, 0.1) is 0 Å². The zero-order chi connectivity index (χ0) is 11.2. The molecule has 16 heavy (non-hydrogen) atoms. The predicted molar refractivity (Wildman–Crippen MR) is 63.8 cm³/mol. The normalized spacial score (nSPS) is 17.4. The van der Waals surface area contributed by atoms with E-state index in [4.69, 9.17) is 4.74 Å². The van der Waals surface area contributed by atoms with Crippen molar-refractivity contribution in [2.75, 3.05) is 44.8 Å². The fourth-order valence-electron chi connectivity index (χ4n) is 1.93. The Balaban J connectivity index is 1.94. The van der Waals surface area contributed by atoms with Crippen molar-refractivity contribution >= 4 is 5.69 Å². The van der Waals surface area contributed by atoms with Crippen molar-refractivity contribution in [3.05, 3.63) is 12.4 Å². The number of nitrogens with zero attached hydrogens (tertiary/aromatic N) is 3. The molecule has 0 radical (unpaired) electrons. The third-order valence-electron chi connectivity index (χ3n) is 2.85. The average Bonchev–Trinajstić information content (AvgIpc) is 2.60. The molecule has 90 valence electrons. The maximum atomic E-state index is 5.04. The summed E-state index contributed by atoms with van der Waals surface area (Å²) in [5.41, 5.74) is 1.22. The Labute approximate surface area is 96.4 Å². The van der Waals surface area contributed by atoms with E-state index in [9.17, 15) is 0 Å². The third kappa shape index (κ3) is 2.96. The van der Waals surface area contributed by atoms with Crippen LogP contribution in [0.25, 0.3) is 0 Å². The van der Waals surface area contributed by atoms with Gasteiger partial charge in [0.2, 0.25) is 0 Å². The van der Waals surface area contributed by atoms with Crippen LogP contribution in [0.4, 0.5) is 5.69 Å². The van der Waals surface area contributed by atoms with Crippen LogP contribution in [0.1, 0.15) is 6.42 Å². The van der Waals surface area contributed by atoms with Crippen molar-refractivity contribution in [3.63, 3.8) is 0 Å². The summed E-state index contributed by atoms with van der Waals surface area (Å²) in [4.78, 5) is 2.39. The topological polar surface area (TPSA) is 42.3 Å². The molecule has 1 N–H and O–H groups in total. The van der Waals surface area contributed by atoms with Crippen LogP contribution in [-0.4, -0.2) is 49.7 Å². The van der Waals surface area contributed by atoms with Crippen molar-refractivity contribution < 1.29 is 4.74 Å². The maximum absolute atomic E-state index is 5.04. The molecule has 1 aliphatic heterocycles. The molecular weight excluding hydrogens is 204 g/mol. The van der Waals surface area contributed by atoms with E-state index in [1.807, 2.05) is 10.9 Å². The molecule has 0 spiro atoms. The molecule has 5 heteroatoms. The first-order chi connectivity index (χ1) is 7.90. The van der Waals surface area contributed by atoms with Gasteiger partial charge in [0.05, 0.1) is 25.0 Å². The van der Waals surface area contributed by atoms with Crippen LogP contribution < -0.4 is 10.2 Å². The molecule has 0 aromatic carbocycles. The molecule has 1 aliphatic rings. The minimum atomic E-state index is 0.711. The van der Waals surface area contributed by atoms with E-state index in [0.29, 0.717) is 6.61 Å². The molecule has 5 nitrogen and oxygen atoms in total. The number of hydrogen-bond acceptors (Lipinski definition) is 4. The highest BCUT2D eigenvalue weighted by Gasteiger charge is 2.10. The lowest BCUT2D eigenvalue weighted by molar-refractivity contribution is 0.183. The van der Waals surface area contributed by atoms with Gasteiger partial charge in [0.15, 0.2) is 0 Å². The Morgan fingerprint density at radius 3 is 3.25 bits per heavy atom. The lowest BCUT2D eigenvalue weighted by atomic mass is 10.3. The number of hydrogen-bond donors (Lipinski definition) is 1. The summed E-state index contributed by atoms with van der Waals surface area (Å²) < 4.78 is 6.98. The van der Waals surface area contributed by atoms with Crippen LogP contribution in [0.15, 0.2) is 12.4 Å².